The van der Waals surface area contributed by atoms with Gasteiger partial charge in [0.25, 0.3) is 0 Å². The first-order chi connectivity index (χ1) is 8.88. The van der Waals surface area contributed by atoms with E-state index in [1.54, 1.807) is 23.6 Å². The number of rotatable bonds is 4. The first-order valence-electron chi connectivity index (χ1n) is 5.84. The fourth-order valence-corrected chi connectivity index (χ4v) is 3.32. The number of anilines is 1. The molecule has 1 N–H and O–H groups in total. The summed E-state index contributed by atoms with van der Waals surface area (Å²) in [5.74, 6) is 0. The third-order valence-electron chi connectivity index (χ3n) is 2.79. The van der Waals surface area contributed by atoms with Gasteiger partial charge in [-0.3, -0.25) is 0 Å². The first kappa shape index (κ1) is 14.0. The Kier molecular flexibility index (Phi) is 3.91. The minimum absolute atomic E-state index is 0.0954. The smallest absolute Gasteiger partial charge is 0.192 e. The van der Waals surface area contributed by atoms with Crippen LogP contribution < -0.4 is 5.32 Å². The lowest BCUT2D eigenvalue weighted by molar-refractivity contribution is 0.598. The molecule has 0 spiro atoms. The van der Waals surface area contributed by atoms with Crippen LogP contribution in [0.15, 0.2) is 34.8 Å². The van der Waals surface area contributed by atoms with Crippen molar-refractivity contribution < 1.29 is 8.42 Å². The van der Waals surface area contributed by atoms with Gasteiger partial charge in [-0.15, -0.1) is 11.3 Å². The van der Waals surface area contributed by atoms with E-state index in [1.807, 2.05) is 0 Å². The van der Waals surface area contributed by atoms with Crippen LogP contribution in [0, 0.1) is 6.92 Å². The normalized spacial score (nSPS) is 13.2. The zero-order valence-electron chi connectivity index (χ0n) is 11.0. The van der Waals surface area contributed by atoms with E-state index >= 15 is 0 Å². The second-order valence-electron chi connectivity index (χ2n) is 4.49. The van der Waals surface area contributed by atoms with Crippen molar-refractivity contribution in [3.05, 3.63) is 40.2 Å². The van der Waals surface area contributed by atoms with Gasteiger partial charge in [-0.2, -0.15) is 0 Å². The zero-order chi connectivity index (χ0) is 14.0. The molecule has 2 aromatic heterocycles. The van der Waals surface area contributed by atoms with Crippen LogP contribution in [0.5, 0.6) is 0 Å². The van der Waals surface area contributed by atoms with Gasteiger partial charge in [0.1, 0.15) is 0 Å². The van der Waals surface area contributed by atoms with Gasteiger partial charge in [-0.25, -0.2) is 13.4 Å². The molecule has 0 amide bonds. The first-order valence-corrected chi connectivity index (χ1v) is 8.61. The van der Waals surface area contributed by atoms with Crippen LogP contribution in [0.25, 0.3) is 0 Å². The Balaban J connectivity index is 2.14. The number of nitrogens with one attached hydrogen (secondary N) is 1. The molecule has 0 radical (unpaired) electrons. The van der Waals surface area contributed by atoms with Gasteiger partial charge in [0.05, 0.1) is 17.9 Å². The maximum Gasteiger partial charge on any atom is 0.192 e. The molecule has 19 heavy (non-hydrogen) atoms. The average molecular weight is 296 g/mol. The SMILES string of the molecule is Cc1ccsc1C(C)Nc1ccc(S(C)(=O)=O)nc1. The van der Waals surface area contributed by atoms with Crippen molar-refractivity contribution in [1.82, 2.24) is 4.98 Å². The third-order valence-corrected chi connectivity index (χ3v) is 5.00. The Bertz CT molecular complexity index is 660. The number of pyridine rings is 1. The highest BCUT2D eigenvalue weighted by molar-refractivity contribution is 7.90. The number of sulfone groups is 1. The summed E-state index contributed by atoms with van der Waals surface area (Å²) >= 11 is 1.71. The lowest BCUT2D eigenvalue weighted by Crippen LogP contribution is -2.07. The van der Waals surface area contributed by atoms with Crippen LogP contribution in [0.3, 0.4) is 0 Å². The summed E-state index contributed by atoms with van der Waals surface area (Å²) in [4.78, 5) is 5.23. The zero-order valence-corrected chi connectivity index (χ0v) is 12.7. The van der Waals surface area contributed by atoms with Gasteiger partial charge in [0.15, 0.2) is 14.9 Å². The van der Waals surface area contributed by atoms with Crippen LogP contribution in [0.4, 0.5) is 5.69 Å². The fraction of sp³-hybridized carbons (Fsp3) is 0.308. The summed E-state index contributed by atoms with van der Waals surface area (Å²) in [5, 5.41) is 5.48. The Morgan fingerprint density at radius 2 is 2.05 bits per heavy atom. The Morgan fingerprint density at radius 1 is 1.32 bits per heavy atom. The minimum Gasteiger partial charge on any atom is -0.376 e. The lowest BCUT2D eigenvalue weighted by Gasteiger charge is -2.14. The number of aromatic nitrogens is 1. The topological polar surface area (TPSA) is 59.1 Å². The summed E-state index contributed by atoms with van der Waals surface area (Å²) in [6.45, 7) is 4.15. The number of hydrogen-bond acceptors (Lipinski definition) is 5. The largest absolute Gasteiger partial charge is 0.376 e. The summed E-state index contributed by atoms with van der Waals surface area (Å²) in [6.07, 6.45) is 2.70. The predicted octanol–water partition coefficient (Wildman–Crippen LogP) is 3.03. The Morgan fingerprint density at radius 3 is 2.53 bits per heavy atom. The van der Waals surface area contributed by atoms with E-state index in [-0.39, 0.29) is 11.1 Å². The van der Waals surface area contributed by atoms with E-state index in [0.29, 0.717) is 0 Å². The standard InChI is InChI=1S/C13H16N2O2S2/c1-9-6-7-18-13(9)10(2)15-11-4-5-12(14-8-11)19(3,16)17/h4-8,10,15H,1-3H3. The maximum atomic E-state index is 11.3. The quantitative estimate of drug-likeness (QED) is 0.942. The molecule has 2 rings (SSSR count). The van der Waals surface area contributed by atoms with E-state index in [9.17, 15) is 8.42 Å². The fourth-order valence-electron chi connectivity index (χ4n) is 1.83. The maximum absolute atomic E-state index is 11.3. The molecule has 2 heterocycles. The minimum atomic E-state index is -3.23. The van der Waals surface area contributed by atoms with Gasteiger partial charge >= 0.3 is 0 Å². The van der Waals surface area contributed by atoms with Crippen molar-refractivity contribution in [3.63, 3.8) is 0 Å². The second kappa shape index (κ2) is 5.30. The molecule has 0 saturated heterocycles. The molecule has 1 unspecified atom stereocenters. The monoisotopic (exact) mass is 296 g/mol. The number of nitrogens with zero attached hydrogens (tertiary/aromatic N) is 1. The van der Waals surface area contributed by atoms with Crippen LogP contribution in [0.1, 0.15) is 23.4 Å². The summed E-state index contributed by atoms with van der Waals surface area (Å²) in [5.41, 5.74) is 2.07. The van der Waals surface area contributed by atoms with Crippen molar-refractivity contribution >= 4 is 26.9 Å². The van der Waals surface area contributed by atoms with E-state index in [0.717, 1.165) is 11.9 Å². The molecule has 0 fully saturated rings. The van der Waals surface area contributed by atoms with Crippen molar-refractivity contribution in [2.24, 2.45) is 0 Å². The van der Waals surface area contributed by atoms with Crippen LogP contribution in [-0.2, 0) is 9.84 Å². The van der Waals surface area contributed by atoms with Crippen molar-refractivity contribution in [1.29, 1.82) is 0 Å². The highest BCUT2D eigenvalue weighted by Crippen LogP contribution is 2.26. The lowest BCUT2D eigenvalue weighted by atomic mass is 10.2. The molecule has 1 atom stereocenters. The molecule has 0 saturated carbocycles. The van der Waals surface area contributed by atoms with Gasteiger partial charge in [-0.1, -0.05) is 0 Å². The van der Waals surface area contributed by atoms with Gasteiger partial charge in [0.2, 0.25) is 0 Å². The third kappa shape index (κ3) is 3.33. The molecule has 0 aliphatic carbocycles. The molecule has 2 aromatic rings. The van der Waals surface area contributed by atoms with Crippen molar-refractivity contribution in [3.8, 4) is 0 Å². The molecule has 6 heteroatoms. The molecular weight excluding hydrogens is 280 g/mol. The molecule has 4 nitrogen and oxygen atoms in total. The molecular formula is C13H16N2O2S2. The highest BCUT2D eigenvalue weighted by atomic mass is 32.2. The van der Waals surface area contributed by atoms with Crippen LogP contribution in [0.2, 0.25) is 0 Å². The summed E-state index contributed by atoms with van der Waals surface area (Å²) < 4.78 is 22.6. The average Bonchev–Trinajstić information content (AvgIpc) is 2.75. The van der Waals surface area contributed by atoms with E-state index in [4.69, 9.17) is 0 Å². The van der Waals surface area contributed by atoms with E-state index < -0.39 is 9.84 Å². The Labute approximate surface area is 117 Å². The number of aryl methyl sites for hydroxylation is 1. The van der Waals surface area contributed by atoms with Crippen LogP contribution in [-0.4, -0.2) is 19.7 Å². The van der Waals surface area contributed by atoms with Gasteiger partial charge < -0.3 is 5.32 Å². The summed E-state index contributed by atoms with van der Waals surface area (Å²) in [7, 11) is -3.23. The number of hydrogen-bond donors (Lipinski definition) is 1. The van der Waals surface area contributed by atoms with E-state index in [1.165, 1.54) is 16.5 Å². The highest BCUT2D eigenvalue weighted by Gasteiger charge is 2.11. The predicted molar refractivity (Wildman–Crippen MR) is 78.4 cm³/mol. The molecule has 0 aliphatic heterocycles. The van der Waals surface area contributed by atoms with Gasteiger partial charge in [0, 0.05) is 11.1 Å². The van der Waals surface area contributed by atoms with E-state index in [2.05, 4.69) is 35.6 Å². The second-order valence-corrected chi connectivity index (χ2v) is 7.40. The molecule has 0 aromatic carbocycles. The molecule has 102 valence electrons. The van der Waals surface area contributed by atoms with Crippen molar-refractivity contribution in [2.75, 3.05) is 11.6 Å². The molecule has 0 aliphatic rings. The van der Waals surface area contributed by atoms with Gasteiger partial charge in [-0.05, 0) is 43.0 Å². The molecule has 0 bridgehead atoms. The van der Waals surface area contributed by atoms with Crippen LogP contribution >= 0.6 is 11.3 Å². The Hall–Kier alpha value is -1.40. The van der Waals surface area contributed by atoms with Crippen molar-refractivity contribution in [2.45, 2.75) is 24.9 Å². The number of thiophene rings is 1. The summed E-state index contributed by atoms with van der Waals surface area (Å²) in [6, 6.07) is 5.52.